The Morgan fingerprint density at radius 1 is 1.35 bits per heavy atom. The Morgan fingerprint density at radius 2 is 2.00 bits per heavy atom. The first-order chi connectivity index (χ1) is 9.38. The molecule has 2 amide bonds. The van der Waals surface area contributed by atoms with Crippen molar-refractivity contribution in [3.8, 4) is 0 Å². The van der Waals surface area contributed by atoms with Crippen molar-refractivity contribution in [2.24, 2.45) is 0 Å². The highest BCUT2D eigenvalue weighted by atomic mass is 19.4. The van der Waals surface area contributed by atoms with Crippen LogP contribution in [0, 0.1) is 0 Å². The van der Waals surface area contributed by atoms with Crippen LogP contribution in [0.5, 0.6) is 0 Å². The third kappa shape index (κ3) is 3.43. The van der Waals surface area contributed by atoms with Crippen molar-refractivity contribution >= 4 is 6.03 Å². The summed E-state index contributed by atoms with van der Waals surface area (Å²) in [7, 11) is 0. The maximum absolute atomic E-state index is 12.4. The van der Waals surface area contributed by atoms with Crippen molar-refractivity contribution in [2.45, 2.75) is 38.5 Å². The Bertz CT molecular complexity index is 470. The van der Waals surface area contributed by atoms with Crippen LogP contribution in [0.3, 0.4) is 0 Å². The van der Waals surface area contributed by atoms with Gasteiger partial charge in [0, 0.05) is 19.1 Å². The van der Waals surface area contributed by atoms with Gasteiger partial charge in [0.05, 0.1) is 5.56 Å². The van der Waals surface area contributed by atoms with Crippen LogP contribution in [0.2, 0.25) is 0 Å². The van der Waals surface area contributed by atoms with E-state index < -0.39 is 11.7 Å². The highest BCUT2D eigenvalue weighted by Crippen LogP contribution is 2.29. The molecule has 1 N–H and O–H groups in total. The van der Waals surface area contributed by atoms with E-state index in [0.29, 0.717) is 5.56 Å². The fraction of sp³-hybridized carbons (Fsp3) is 0.500. The Labute approximate surface area is 115 Å². The van der Waals surface area contributed by atoms with Gasteiger partial charge >= 0.3 is 12.2 Å². The van der Waals surface area contributed by atoms with Gasteiger partial charge in [-0.3, -0.25) is 0 Å². The second kappa shape index (κ2) is 5.73. The Hall–Kier alpha value is -1.72. The van der Waals surface area contributed by atoms with Crippen molar-refractivity contribution in [1.29, 1.82) is 0 Å². The van der Waals surface area contributed by atoms with E-state index >= 15 is 0 Å². The van der Waals surface area contributed by atoms with Gasteiger partial charge in [-0.05, 0) is 37.5 Å². The zero-order valence-electron chi connectivity index (χ0n) is 11.2. The number of rotatable bonds is 2. The largest absolute Gasteiger partial charge is 0.416 e. The molecule has 1 aromatic carbocycles. The maximum Gasteiger partial charge on any atom is 0.416 e. The molecule has 3 nitrogen and oxygen atoms in total. The van der Waals surface area contributed by atoms with Gasteiger partial charge in [-0.1, -0.05) is 12.1 Å². The molecule has 20 heavy (non-hydrogen) atoms. The number of likely N-dealkylation sites (tertiary alicyclic amines) is 1. The number of nitrogens with one attached hydrogen (secondary N) is 1. The van der Waals surface area contributed by atoms with Gasteiger partial charge in [0.1, 0.15) is 0 Å². The van der Waals surface area contributed by atoms with E-state index in [-0.39, 0.29) is 18.6 Å². The first kappa shape index (κ1) is 14.7. The summed E-state index contributed by atoms with van der Waals surface area (Å²) in [5, 5.41) is 2.74. The summed E-state index contributed by atoms with van der Waals surface area (Å²) in [5.41, 5.74) is -0.0288. The predicted octanol–water partition coefficient (Wildman–Crippen LogP) is 3.40. The van der Waals surface area contributed by atoms with Crippen LogP contribution in [0.15, 0.2) is 24.3 Å². The zero-order chi connectivity index (χ0) is 14.8. The second-order valence-corrected chi connectivity index (χ2v) is 5.04. The van der Waals surface area contributed by atoms with Gasteiger partial charge in [0.25, 0.3) is 0 Å². The first-order valence-electron chi connectivity index (χ1n) is 6.58. The molecule has 1 atom stereocenters. The van der Waals surface area contributed by atoms with Crippen LogP contribution in [-0.4, -0.2) is 23.5 Å². The molecule has 1 saturated heterocycles. The molecule has 0 saturated carbocycles. The molecule has 1 aromatic rings. The molecular formula is C14H17F3N2O. The van der Waals surface area contributed by atoms with Gasteiger partial charge in [0.15, 0.2) is 0 Å². The van der Waals surface area contributed by atoms with Crippen LogP contribution < -0.4 is 5.32 Å². The van der Waals surface area contributed by atoms with E-state index in [0.717, 1.165) is 31.5 Å². The number of nitrogens with zero attached hydrogens (tertiary/aromatic N) is 1. The number of carbonyl (C=O) groups excluding carboxylic acids is 1. The minimum absolute atomic E-state index is 0.158. The van der Waals surface area contributed by atoms with Crippen molar-refractivity contribution in [1.82, 2.24) is 10.2 Å². The molecule has 0 aromatic heterocycles. The normalized spacial score (nSPS) is 19.2. The van der Waals surface area contributed by atoms with E-state index in [1.165, 1.54) is 12.1 Å². The number of halogens is 3. The highest BCUT2D eigenvalue weighted by molar-refractivity contribution is 5.74. The highest BCUT2D eigenvalue weighted by Gasteiger charge is 2.30. The van der Waals surface area contributed by atoms with E-state index in [1.807, 2.05) is 6.92 Å². The number of alkyl halides is 3. The summed E-state index contributed by atoms with van der Waals surface area (Å²) in [6.07, 6.45) is -2.34. The van der Waals surface area contributed by atoms with Gasteiger partial charge in [-0.2, -0.15) is 13.2 Å². The molecule has 110 valence electrons. The smallest absolute Gasteiger partial charge is 0.334 e. The topological polar surface area (TPSA) is 32.3 Å². The molecule has 1 fully saturated rings. The molecule has 0 aliphatic carbocycles. The molecule has 0 spiro atoms. The zero-order valence-corrected chi connectivity index (χ0v) is 11.2. The summed E-state index contributed by atoms with van der Waals surface area (Å²) in [6, 6.07) is 4.89. The molecular weight excluding hydrogens is 269 g/mol. The molecule has 1 aliphatic heterocycles. The first-order valence-corrected chi connectivity index (χ1v) is 6.58. The lowest BCUT2D eigenvalue weighted by molar-refractivity contribution is -0.137. The Balaban J connectivity index is 1.89. The van der Waals surface area contributed by atoms with E-state index in [2.05, 4.69) is 5.32 Å². The minimum atomic E-state index is -4.33. The lowest BCUT2D eigenvalue weighted by Crippen LogP contribution is -2.41. The predicted molar refractivity (Wildman–Crippen MR) is 69.1 cm³/mol. The third-order valence-electron chi connectivity index (χ3n) is 3.54. The number of urea groups is 1. The van der Waals surface area contributed by atoms with Gasteiger partial charge in [-0.15, -0.1) is 0 Å². The number of carbonyl (C=O) groups is 1. The fourth-order valence-electron chi connectivity index (χ4n) is 2.33. The van der Waals surface area contributed by atoms with E-state index in [4.69, 9.17) is 0 Å². The summed E-state index contributed by atoms with van der Waals surface area (Å²) in [6.45, 7) is 2.96. The van der Waals surface area contributed by atoms with Gasteiger partial charge in [-0.25, -0.2) is 4.79 Å². The van der Waals surface area contributed by atoms with Crippen LogP contribution in [0.1, 0.15) is 30.9 Å². The molecule has 0 bridgehead atoms. The maximum atomic E-state index is 12.4. The van der Waals surface area contributed by atoms with Crippen molar-refractivity contribution in [3.05, 3.63) is 35.4 Å². The van der Waals surface area contributed by atoms with Crippen molar-refractivity contribution in [3.63, 3.8) is 0 Å². The summed E-state index contributed by atoms with van der Waals surface area (Å²) < 4.78 is 37.2. The molecule has 1 heterocycles. The lowest BCUT2D eigenvalue weighted by Gasteiger charge is -2.21. The van der Waals surface area contributed by atoms with Crippen molar-refractivity contribution < 1.29 is 18.0 Å². The molecule has 1 aliphatic rings. The number of amides is 2. The van der Waals surface area contributed by atoms with Crippen LogP contribution in [0.25, 0.3) is 0 Å². The average Bonchev–Trinajstić information content (AvgIpc) is 2.82. The van der Waals surface area contributed by atoms with Crippen LogP contribution >= 0.6 is 0 Å². The number of hydrogen-bond acceptors (Lipinski definition) is 1. The van der Waals surface area contributed by atoms with Crippen LogP contribution in [-0.2, 0) is 12.7 Å². The second-order valence-electron chi connectivity index (χ2n) is 5.04. The molecule has 2 rings (SSSR count). The average molecular weight is 286 g/mol. The number of hydrogen-bond donors (Lipinski definition) is 1. The number of benzene rings is 1. The third-order valence-corrected chi connectivity index (χ3v) is 3.54. The van der Waals surface area contributed by atoms with E-state index in [9.17, 15) is 18.0 Å². The lowest BCUT2D eigenvalue weighted by atomic mass is 10.1. The fourth-order valence-corrected chi connectivity index (χ4v) is 2.33. The van der Waals surface area contributed by atoms with Crippen LogP contribution in [0.4, 0.5) is 18.0 Å². The summed E-state index contributed by atoms with van der Waals surface area (Å²) >= 11 is 0. The Kier molecular flexibility index (Phi) is 4.20. The molecule has 6 heteroatoms. The molecule has 0 radical (unpaired) electrons. The van der Waals surface area contributed by atoms with Gasteiger partial charge < -0.3 is 10.2 Å². The quantitative estimate of drug-likeness (QED) is 0.888. The Morgan fingerprint density at radius 3 is 2.50 bits per heavy atom. The van der Waals surface area contributed by atoms with E-state index in [1.54, 1.807) is 4.90 Å². The molecule has 0 unspecified atom stereocenters. The van der Waals surface area contributed by atoms with Crippen molar-refractivity contribution in [2.75, 3.05) is 6.54 Å². The standard InChI is InChI=1S/C14H17F3N2O/c1-10-3-2-8-19(10)13(20)18-9-11-4-6-12(7-5-11)14(15,16)17/h4-7,10H,2-3,8-9H2,1H3,(H,18,20)/t10-/m1/s1. The van der Waals surface area contributed by atoms with Gasteiger partial charge in [0.2, 0.25) is 0 Å². The SMILES string of the molecule is C[C@@H]1CCCN1C(=O)NCc1ccc(C(F)(F)F)cc1. The summed E-state index contributed by atoms with van der Waals surface area (Å²) in [4.78, 5) is 13.6. The monoisotopic (exact) mass is 286 g/mol. The minimum Gasteiger partial charge on any atom is -0.334 e. The summed E-state index contributed by atoms with van der Waals surface area (Å²) in [5.74, 6) is 0.